The van der Waals surface area contributed by atoms with E-state index < -0.39 is 0 Å². The SMILES string of the molecule is c1nc2nocc2s1. The third-order valence-corrected chi connectivity index (χ3v) is 1.62. The van der Waals surface area contributed by atoms with Gasteiger partial charge in [-0.05, 0) is 0 Å². The normalized spacial score (nSPS) is 10.5. The van der Waals surface area contributed by atoms with Crippen LogP contribution in [0.15, 0.2) is 16.3 Å². The molecule has 2 rings (SSSR count). The third kappa shape index (κ3) is 0.376. The molecule has 4 heteroatoms. The fraction of sp³-hybridized carbons (Fsp3) is 0. The van der Waals surface area contributed by atoms with Crippen LogP contribution in [0.1, 0.15) is 0 Å². The summed E-state index contributed by atoms with van der Waals surface area (Å²) >= 11 is 1.53. The van der Waals surface area contributed by atoms with Gasteiger partial charge >= 0.3 is 0 Å². The molecule has 0 aliphatic carbocycles. The fourth-order valence-electron chi connectivity index (χ4n) is 0.523. The average molecular weight is 126 g/mol. The summed E-state index contributed by atoms with van der Waals surface area (Å²) in [5.41, 5.74) is 2.45. The number of aromatic nitrogens is 2. The van der Waals surface area contributed by atoms with Gasteiger partial charge in [-0.25, -0.2) is 4.98 Å². The molecule has 0 aliphatic rings. The maximum atomic E-state index is 4.60. The molecule has 0 saturated carbocycles. The predicted octanol–water partition coefficient (Wildman–Crippen LogP) is 1.28. The summed E-state index contributed by atoms with van der Waals surface area (Å²) in [4.78, 5) is 3.89. The van der Waals surface area contributed by atoms with E-state index in [2.05, 4.69) is 14.7 Å². The van der Waals surface area contributed by atoms with Crippen molar-refractivity contribution in [2.75, 3.05) is 0 Å². The largest absolute Gasteiger partial charge is 0.361 e. The lowest BCUT2D eigenvalue weighted by atomic mass is 10.7. The van der Waals surface area contributed by atoms with E-state index in [4.69, 9.17) is 0 Å². The molecule has 0 aliphatic heterocycles. The second-order valence-corrected chi connectivity index (χ2v) is 2.24. The Bertz CT molecular complexity index is 235. The average Bonchev–Trinajstić information content (AvgIpc) is 2.15. The van der Waals surface area contributed by atoms with E-state index in [1.54, 1.807) is 11.8 Å². The van der Waals surface area contributed by atoms with Gasteiger partial charge in [-0.3, -0.25) is 0 Å². The molecule has 0 amide bonds. The molecule has 0 spiro atoms. The number of nitrogens with zero attached hydrogens (tertiary/aromatic N) is 2. The Labute approximate surface area is 48.9 Å². The highest BCUT2D eigenvalue weighted by Gasteiger charge is 1.96. The smallest absolute Gasteiger partial charge is 0.213 e. The molecule has 0 bridgehead atoms. The van der Waals surface area contributed by atoms with Crippen LogP contribution < -0.4 is 0 Å². The van der Waals surface area contributed by atoms with Crippen molar-refractivity contribution in [2.45, 2.75) is 0 Å². The summed E-state index contributed by atoms with van der Waals surface area (Å²) in [6, 6.07) is 0. The van der Waals surface area contributed by atoms with E-state index in [1.165, 1.54) is 11.3 Å². The highest BCUT2D eigenvalue weighted by molar-refractivity contribution is 7.16. The predicted molar refractivity (Wildman–Crippen MR) is 29.7 cm³/mol. The Morgan fingerprint density at radius 2 is 2.62 bits per heavy atom. The van der Waals surface area contributed by atoms with Crippen molar-refractivity contribution < 1.29 is 4.52 Å². The molecule has 3 nitrogen and oxygen atoms in total. The molecule has 2 heterocycles. The van der Waals surface area contributed by atoms with Gasteiger partial charge in [0.15, 0.2) is 0 Å². The second kappa shape index (κ2) is 1.29. The molecule has 0 saturated heterocycles. The molecule has 0 aromatic carbocycles. The van der Waals surface area contributed by atoms with Crippen molar-refractivity contribution in [3.63, 3.8) is 0 Å². The van der Waals surface area contributed by atoms with Gasteiger partial charge in [-0.1, -0.05) is 5.16 Å². The zero-order valence-corrected chi connectivity index (χ0v) is 4.68. The van der Waals surface area contributed by atoms with Gasteiger partial charge in [0.1, 0.15) is 11.0 Å². The molecule has 0 atom stereocenters. The number of rotatable bonds is 0. The van der Waals surface area contributed by atoms with Crippen molar-refractivity contribution in [1.82, 2.24) is 10.1 Å². The van der Waals surface area contributed by atoms with Crippen LogP contribution >= 0.6 is 11.3 Å². The molecule has 2 aromatic heterocycles. The molecule has 0 fully saturated rings. The summed E-state index contributed by atoms with van der Waals surface area (Å²) in [7, 11) is 0. The van der Waals surface area contributed by atoms with E-state index in [0.717, 1.165) is 4.70 Å². The summed E-state index contributed by atoms with van der Waals surface area (Å²) in [5, 5.41) is 3.60. The molecular weight excluding hydrogens is 124 g/mol. The van der Waals surface area contributed by atoms with Gasteiger partial charge in [-0.2, -0.15) is 0 Å². The van der Waals surface area contributed by atoms with Crippen molar-refractivity contribution in [3.8, 4) is 0 Å². The highest BCUT2D eigenvalue weighted by Crippen LogP contribution is 2.13. The third-order valence-electron chi connectivity index (χ3n) is 0.874. The molecule has 0 radical (unpaired) electrons. The first kappa shape index (κ1) is 4.03. The standard InChI is InChI=1S/C4H2N2OS/c1-3-4(6-7-1)5-2-8-3/h1-2H. The second-order valence-electron chi connectivity index (χ2n) is 1.35. The first-order chi connectivity index (χ1) is 3.97. The van der Waals surface area contributed by atoms with Crippen LogP contribution in [0, 0.1) is 0 Å². The zero-order valence-electron chi connectivity index (χ0n) is 3.87. The first-order valence-corrected chi connectivity index (χ1v) is 2.98. The number of hydrogen-bond donors (Lipinski definition) is 0. The first-order valence-electron chi connectivity index (χ1n) is 2.10. The molecule has 8 heavy (non-hydrogen) atoms. The van der Waals surface area contributed by atoms with Crippen LogP contribution in [-0.4, -0.2) is 10.1 Å². The van der Waals surface area contributed by atoms with Crippen LogP contribution in [0.4, 0.5) is 0 Å². The van der Waals surface area contributed by atoms with E-state index in [9.17, 15) is 0 Å². The van der Waals surface area contributed by atoms with Crippen molar-refractivity contribution in [3.05, 3.63) is 11.8 Å². The highest BCUT2D eigenvalue weighted by atomic mass is 32.1. The van der Waals surface area contributed by atoms with Gasteiger partial charge in [0.25, 0.3) is 0 Å². The number of hydrogen-bond acceptors (Lipinski definition) is 4. The van der Waals surface area contributed by atoms with Gasteiger partial charge in [0.05, 0.1) is 5.51 Å². The topological polar surface area (TPSA) is 38.9 Å². The maximum absolute atomic E-state index is 4.60. The van der Waals surface area contributed by atoms with Gasteiger partial charge in [0.2, 0.25) is 5.65 Å². The Morgan fingerprint density at radius 3 is 3.50 bits per heavy atom. The minimum absolute atomic E-state index is 0.704. The van der Waals surface area contributed by atoms with Crippen LogP contribution in [0.3, 0.4) is 0 Å². The molecule has 40 valence electrons. The Morgan fingerprint density at radius 1 is 1.62 bits per heavy atom. The monoisotopic (exact) mass is 126 g/mol. The van der Waals surface area contributed by atoms with Gasteiger partial charge < -0.3 is 4.52 Å². The summed E-state index contributed by atoms with van der Waals surface area (Å²) in [6.07, 6.45) is 1.59. The van der Waals surface area contributed by atoms with E-state index in [0.29, 0.717) is 5.65 Å². The molecular formula is C4H2N2OS. The van der Waals surface area contributed by atoms with Gasteiger partial charge in [-0.15, -0.1) is 11.3 Å². The van der Waals surface area contributed by atoms with E-state index in [-0.39, 0.29) is 0 Å². The molecule has 0 N–H and O–H groups in total. The summed E-state index contributed by atoms with van der Waals surface area (Å²) in [6.45, 7) is 0. The zero-order chi connectivity index (χ0) is 5.40. The number of thiazole rings is 1. The molecule has 2 aromatic rings. The maximum Gasteiger partial charge on any atom is 0.213 e. The van der Waals surface area contributed by atoms with Gasteiger partial charge in [0, 0.05) is 0 Å². The minimum atomic E-state index is 0.704. The Balaban J connectivity index is 3.06. The Hall–Kier alpha value is -0.900. The van der Waals surface area contributed by atoms with Crippen LogP contribution in [0.5, 0.6) is 0 Å². The minimum Gasteiger partial charge on any atom is -0.361 e. The Kier molecular flexibility index (Phi) is 0.648. The summed E-state index contributed by atoms with van der Waals surface area (Å²) < 4.78 is 5.61. The molecule has 0 unspecified atom stereocenters. The lowest BCUT2D eigenvalue weighted by molar-refractivity contribution is 0.427. The van der Waals surface area contributed by atoms with Crippen LogP contribution in [0.2, 0.25) is 0 Å². The lowest BCUT2D eigenvalue weighted by Crippen LogP contribution is -1.58. The van der Waals surface area contributed by atoms with E-state index in [1.807, 2.05) is 0 Å². The van der Waals surface area contributed by atoms with Crippen molar-refractivity contribution >= 4 is 21.7 Å². The van der Waals surface area contributed by atoms with Crippen molar-refractivity contribution in [1.29, 1.82) is 0 Å². The fourth-order valence-corrected chi connectivity index (χ4v) is 1.08. The van der Waals surface area contributed by atoms with Crippen LogP contribution in [-0.2, 0) is 0 Å². The van der Waals surface area contributed by atoms with Crippen LogP contribution in [0.25, 0.3) is 10.3 Å². The van der Waals surface area contributed by atoms with Crippen molar-refractivity contribution in [2.24, 2.45) is 0 Å². The number of fused-ring (bicyclic) bond motifs is 1. The quantitative estimate of drug-likeness (QED) is 0.533. The summed E-state index contributed by atoms with van der Waals surface area (Å²) in [5.74, 6) is 0. The van der Waals surface area contributed by atoms with E-state index >= 15 is 0 Å². The lowest BCUT2D eigenvalue weighted by Gasteiger charge is -1.58.